The molecule has 9 rings (SSSR count). The van der Waals surface area contributed by atoms with E-state index in [1.54, 1.807) is 81.1 Å². The summed E-state index contributed by atoms with van der Waals surface area (Å²) in [4.78, 5) is 49.9. The second kappa shape index (κ2) is 16.5. The first-order valence-corrected chi connectivity index (χ1v) is 19.9. The second-order valence-corrected chi connectivity index (χ2v) is 14.5. The van der Waals surface area contributed by atoms with Gasteiger partial charge in [0.15, 0.2) is 46.0 Å². The molecule has 6 aromatic carbocycles. The highest BCUT2D eigenvalue weighted by Crippen LogP contribution is 2.43. The fourth-order valence-electron chi connectivity index (χ4n) is 8.08. The van der Waals surface area contributed by atoms with Gasteiger partial charge in [-0.3, -0.25) is 9.59 Å². The van der Waals surface area contributed by atoms with Crippen LogP contribution in [0.3, 0.4) is 0 Å². The molecule has 0 unspecified atom stereocenters. The van der Waals surface area contributed by atoms with Crippen molar-refractivity contribution in [2.24, 2.45) is 0 Å². The second-order valence-electron chi connectivity index (χ2n) is 14.5. The summed E-state index contributed by atoms with van der Waals surface area (Å²) in [5, 5.41) is 0. The first kappa shape index (κ1) is 41.1. The van der Waals surface area contributed by atoms with Gasteiger partial charge in [0.25, 0.3) is 0 Å². The van der Waals surface area contributed by atoms with Gasteiger partial charge in [-0.05, 0) is 70.8 Å². The Bertz CT molecular complexity index is 2800. The molecule has 0 bridgehead atoms. The molecule has 2 aromatic heterocycles. The third-order valence-corrected chi connectivity index (χ3v) is 11.3. The maximum absolute atomic E-state index is 14.9. The maximum Gasteiger partial charge on any atom is 0.234 e. The Hall–Kier alpha value is -8.26. The number of hydrogen-bond donors (Lipinski definition) is 0. The largest absolute Gasteiger partial charge is 0.493 e. The Labute approximate surface area is 367 Å². The standard InChI is InChI=1S/C50H40N4O10/c1-57-33-17-9-25(21-37(33)61-5)29-13-14-30(26-10-18-34(58-2)38(22-26)62-6)42-41(29)51-45-46(52-42)50(56)48-47(49(45)55)53-43-31(27-11-19-35(59-3)39(23-27)63-7)15-16-32(44(43)54-48)28-12-20-36(60-4)40(24-28)64-8/h9-24H,1-8H3. The van der Waals surface area contributed by atoms with Crippen molar-refractivity contribution in [1.82, 2.24) is 19.9 Å². The highest BCUT2D eigenvalue weighted by Gasteiger charge is 2.37. The Morgan fingerprint density at radius 2 is 0.484 bits per heavy atom. The van der Waals surface area contributed by atoms with Crippen molar-refractivity contribution in [3.05, 3.63) is 120 Å². The van der Waals surface area contributed by atoms with E-state index in [1.807, 2.05) is 72.8 Å². The smallest absolute Gasteiger partial charge is 0.234 e. The topological polar surface area (TPSA) is 160 Å². The fourth-order valence-corrected chi connectivity index (χ4v) is 8.08. The zero-order chi connectivity index (χ0) is 44.8. The van der Waals surface area contributed by atoms with Crippen LogP contribution in [0.4, 0.5) is 0 Å². The lowest BCUT2D eigenvalue weighted by Crippen LogP contribution is -2.27. The predicted molar refractivity (Wildman–Crippen MR) is 240 cm³/mol. The van der Waals surface area contributed by atoms with Crippen molar-refractivity contribution in [1.29, 1.82) is 0 Å². The monoisotopic (exact) mass is 856 g/mol. The molecule has 8 aromatic rings. The van der Waals surface area contributed by atoms with Crippen LogP contribution < -0.4 is 37.9 Å². The van der Waals surface area contributed by atoms with Crippen LogP contribution in [-0.2, 0) is 0 Å². The van der Waals surface area contributed by atoms with Crippen molar-refractivity contribution >= 4 is 33.6 Å². The van der Waals surface area contributed by atoms with E-state index in [1.165, 1.54) is 0 Å². The molecule has 14 heteroatoms. The molecule has 0 saturated heterocycles. The lowest BCUT2D eigenvalue weighted by Gasteiger charge is -2.20. The van der Waals surface area contributed by atoms with Gasteiger partial charge in [0, 0.05) is 22.3 Å². The number of hydrogen-bond acceptors (Lipinski definition) is 14. The molecule has 320 valence electrons. The molecule has 0 radical (unpaired) electrons. The van der Waals surface area contributed by atoms with Crippen molar-refractivity contribution in [3.8, 4) is 90.5 Å². The van der Waals surface area contributed by atoms with E-state index in [-0.39, 0.29) is 22.8 Å². The van der Waals surface area contributed by atoms with Crippen LogP contribution in [0.2, 0.25) is 0 Å². The normalized spacial score (nSPS) is 11.8. The number of nitrogens with zero attached hydrogens (tertiary/aromatic N) is 4. The van der Waals surface area contributed by atoms with Gasteiger partial charge in [-0.15, -0.1) is 0 Å². The molecule has 0 fully saturated rings. The highest BCUT2D eigenvalue weighted by molar-refractivity contribution is 6.27. The molecule has 0 amide bonds. The Balaban J connectivity index is 1.31. The molecule has 2 heterocycles. The minimum absolute atomic E-state index is 0.159. The van der Waals surface area contributed by atoms with Crippen LogP contribution >= 0.6 is 0 Å². The summed E-state index contributed by atoms with van der Waals surface area (Å²) in [6.45, 7) is 0. The number of benzene rings is 6. The number of carbonyl (C=O) groups excluding carboxylic acids is 2. The van der Waals surface area contributed by atoms with Gasteiger partial charge < -0.3 is 37.9 Å². The molecule has 0 aliphatic heterocycles. The summed E-state index contributed by atoms with van der Waals surface area (Å²) >= 11 is 0. The van der Waals surface area contributed by atoms with E-state index >= 15 is 0 Å². The molecular weight excluding hydrogens is 817 g/mol. The molecule has 0 N–H and O–H groups in total. The third kappa shape index (κ3) is 6.67. The number of methoxy groups -OCH3 is 8. The van der Waals surface area contributed by atoms with Gasteiger partial charge in [0.05, 0.1) is 78.9 Å². The van der Waals surface area contributed by atoms with Crippen molar-refractivity contribution < 1.29 is 47.5 Å². The number of fused-ring (bicyclic) bond motifs is 4. The first-order valence-electron chi connectivity index (χ1n) is 19.9. The lowest BCUT2D eigenvalue weighted by atomic mass is 9.92. The highest BCUT2D eigenvalue weighted by atomic mass is 16.5. The lowest BCUT2D eigenvalue weighted by molar-refractivity contribution is 0.0965. The van der Waals surface area contributed by atoms with Crippen LogP contribution in [0.5, 0.6) is 46.0 Å². The van der Waals surface area contributed by atoms with E-state index in [0.717, 1.165) is 0 Å². The van der Waals surface area contributed by atoms with Gasteiger partial charge in [0.2, 0.25) is 11.6 Å². The fraction of sp³-hybridized carbons (Fsp3) is 0.160. The number of carbonyl (C=O) groups is 2. The zero-order valence-electron chi connectivity index (χ0n) is 36.1. The van der Waals surface area contributed by atoms with Crippen LogP contribution in [0.25, 0.3) is 66.6 Å². The van der Waals surface area contributed by atoms with Crippen LogP contribution in [0.1, 0.15) is 32.4 Å². The number of rotatable bonds is 12. The molecule has 0 atom stereocenters. The van der Waals surface area contributed by atoms with Gasteiger partial charge in [-0.1, -0.05) is 48.5 Å². The summed E-state index contributed by atoms with van der Waals surface area (Å²) in [5.74, 6) is 2.86. The number of ketones is 2. The Morgan fingerprint density at radius 3 is 0.672 bits per heavy atom. The van der Waals surface area contributed by atoms with Crippen LogP contribution in [-0.4, -0.2) is 88.4 Å². The van der Waals surface area contributed by atoms with E-state index in [2.05, 4.69) is 0 Å². The average molecular weight is 857 g/mol. The predicted octanol–water partition coefficient (Wildman–Crippen LogP) is 9.09. The summed E-state index contributed by atoms with van der Waals surface area (Å²) in [7, 11) is 12.4. The molecule has 1 aliphatic carbocycles. The van der Waals surface area contributed by atoms with E-state index in [9.17, 15) is 9.59 Å². The van der Waals surface area contributed by atoms with Gasteiger partial charge in [-0.2, -0.15) is 0 Å². The minimum atomic E-state index is -0.613. The molecule has 0 spiro atoms. The van der Waals surface area contributed by atoms with Crippen LogP contribution in [0, 0.1) is 0 Å². The van der Waals surface area contributed by atoms with Gasteiger partial charge >= 0.3 is 0 Å². The van der Waals surface area contributed by atoms with Crippen molar-refractivity contribution in [2.75, 3.05) is 56.9 Å². The number of ether oxygens (including phenoxy) is 8. The van der Waals surface area contributed by atoms with Gasteiger partial charge in [0.1, 0.15) is 22.8 Å². The summed E-state index contributed by atoms with van der Waals surface area (Å²) in [6, 6.07) is 29.4. The third-order valence-electron chi connectivity index (χ3n) is 11.3. The van der Waals surface area contributed by atoms with Crippen molar-refractivity contribution in [3.63, 3.8) is 0 Å². The maximum atomic E-state index is 14.9. The van der Waals surface area contributed by atoms with E-state index in [4.69, 9.17) is 57.8 Å². The van der Waals surface area contributed by atoms with Crippen molar-refractivity contribution in [2.45, 2.75) is 0 Å². The quantitative estimate of drug-likeness (QED) is 0.114. The van der Waals surface area contributed by atoms with E-state index in [0.29, 0.717) is 113 Å². The minimum Gasteiger partial charge on any atom is -0.493 e. The average Bonchev–Trinajstić information content (AvgIpc) is 3.35. The van der Waals surface area contributed by atoms with Gasteiger partial charge in [-0.25, -0.2) is 19.9 Å². The molecule has 0 saturated carbocycles. The molecule has 14 nitrogen and oxygen atoms in total. The Kier molecular flexibility index (Phi) is 10.6. The summed E-state index contributed by atoms with van der Waals surface area (Å²) in [6.07, 6.45) is 0. The summed E-state index contributed by atoms with van der Waals surface area (Å²) in [5.41, 5.74) is 6.14. The molecule has 64 heavy (non-hydrogen) atoms. The Morgan fingerprint density at radius 1 is 0.281 bits per heavy atom. The van der Waals surface area contributed by atoms with E-state index < -0.39 is 11.6 Å². The zero-order valence-corrected chi connectivity index (χ0v) is 36.1. The molecule has 1 aliphatic rings. The summed E-state index contributed by atoms with van der Waals surface area (Å²) < 4.78 is 44.6. The number of aromatic nitrogens is 4. The van der Waals surface area contributed by atoms with Crippen LogP contribution in [0.15, 0.2) is 97.1 Å². The SMILES string of the molecule is COc1ccc(-c2ccc(-c3ccc(OC)c(OC)c3)c3nc4c(nc23)C(=O)c2nc3c(-c5ccc(OC)c(OC)c5)ccc(-c5ccc(OC)c(OC)c5)c3nc2C4=O)cc1OC. The molecular formula is C50H40N4O10. The first-order chi connectivity index (χ1) is 31.2.